The van der Waals surface area contributed by atoms with Gasteiger partial charge in [-0.15, -0.1) is 26.3 Å². The number of fused-ring (bicyclic) bond motifs is 2. The van der Waals surface area contributed by atoms with Crippen molar-refractivity contribution in [1.29, 1.82) is 0 Å². The molecule has 0 saturated heterocycles. The summed E-state index contributed by atoms with van der Waals surface area (Å²) in [5.41, 5.74) is -5.10. The normalized spacial score (nSPS) is 18.1. The van der Waals surface area contributed by atoms with Gasteiger partial charge in [0.1, 0.15) is 23.0 Å². The number of carboxylic acids is 2. The van der Waals surface area contributed by atoms with Gasteiger partial charge in [0.05, 0.1) is 11.1 Å². The van der Waals surface area contributed by atoms with Crippen molar-refractivity contribution >= 4 is 24.1 Å². The average Bonchev–Trinajstić information content (AvgIpc) is 2.88. The van der Waals surface area contributed by atoms with Crippen molar-refractivity contribution in [3.05, 3.63) is 57.7 Å². The molecular weight excluding hydrogens is 682 g/mol. The van der Waals surface area contributed by atoms with E-state index in [1.165, 1.54) is 0 Å². The third-order valence-electron chi connectivity index (χ3n) is 6.18. The molecule has 256 valence electrons. The molecule has 2 aromatic carbocycles. The smallest absolute Gasteiger partial charge is 0.478 e. The number of carbonyl (C=O) groups is 2. The summed E-state index contributed by atoms with van der Waals surface area (Å²) in [6.07, 6.45) is -26.8. The van der Waals surface area contributed by atoms with Crippen molar-refractivity contribution in [2.24, 2.45) is 0 Å². The molecule has 4 rings (SSSR count). The molecule has 47 heavy (non-hydrogen) atoms. The van der Waals surface area contributed by atoms with Crippen LogP contribution >= 0.6 is 0 Å². The molecule has 0 spiro atoms. The lowest BCUT2D eigenvalue weighted by Crippen LogP contribution is -2.40. The summed E-state index contributed by atoms with van der Waals surface area (Å²) in [6.45, 7) is -1.62. The molecule has 0 amide bonds. The Morgan fingerprint density at radius 2 is 0.979 bits per heavy atom. The van der Waals surface area contributed by atoms with Gasteiger partial charge in [-0.25, -0.2) is 9.59 Å². The summed E-state index contributed by atoms with van der Waals surface area (Å²) in [6, 6.07) is 2.13. The summed E-state index contributed by atoms with van der Waals surface area (Å²) in [5, 5.41) is 20.9. The van der Waals surface area contributed by atoms with Crippen LogP contribution in [-0.2, 0) is 22.7 Å². The van der Waals surface area contributed by atoms with Gasteiger partial charge >= 0.3 is 37.0 Å². The molecule has 2 aliphatic heterocycles. The van der Waals surface area contributed by atoms with Gasteiger partial charge in [-0.1, -0.05) is 0 Å². The van der Waals surface area contributed by atoms with E-state index >= 15 is 0 Å². The van der Waals surface area contributed by atoms with Crippen LogP contribution in [0.1, 0.15) is 22.3 Å². The Hall–Kier alpha value is -4.82. The number of aliphatic carboxylic acids is 2. The van der Waals surface area contributed by atoms with Gasteiger partial charge in [0.15, 0.2) is 0 Å². The van der Waals surface area contributed by atoms with Crippen molar-refractivity contribution < 1.29 is 91.4 Å². The third-order valence-corrected chi connectivity index (χ3v) is 6.18. The van der Waals surface area contributed by atoms with E-state index < -0.39 is 119 Å². The van der Waals surface area contributed by atoms with Crippen LogP contribution in [0.5, 0.6) is 23.0 Å². The van der Waals surface area contributed by atoms with Crippen molar-refractivity contribution in [2.45, 2.75) is 50.4 Å². The lowest BCUT2D eigenvalue weighted by molar-refractivity contribution is -0.275. The molecular formula is C26H15F12NO8. The van der Waals surface area contributed by atoms with Crippen LogP contribution in [0.4, 0.5) is 52.7 Å². The molecule has 9 nitrogen and oxygen atoms in total. The summed E-state index contributed by atoms with van der Waals surface area (Å²) in [7, 11) is 0. The standard InChI is InChI=1S/C26H15F12NO8/c27-23(28,29)19-15(21(40)41)5-9-1-13(46-25(33,34)35)3-11(17(9)44-19)7-39-8-12-4-14(47-26(36,37)38)2-10-6-16(22(42)43)20(24(30,31)32)45-18(10)12/h1-6,19-20,39H,7-8H2,(H,40,41)(H,42,43). The third kappa shape index (κ3) is 8.32. The largest absolute Gasteiger partial charge is 0.573 e. The molecule has 0 radical (unpaired) electrons. The highest BCUT2D eigenvalue weighted by Gasteiger charge is 2.50. The van der Waals surface area contributed by atoms with Crippen LogP contribution < -0.4 is 24.3 Å². The Balaban J connectivity index is 1.75. The Morgan fingerprint density at radius 3 is 1.26 bits per heavy atom. The zero-order chi connectivity index (χ0) is 35.3. The van der Waals surface area contributed by atoms with Crippen molar-refractivity contribution in [1.82, 2.24) is 5.32 Å². The van der Waals surface area contributed by atoms with E-state index in [1.807, 2.05) is 0 Å². The maximum absolute atomic E-state index is 13.6. The van der Waals surface area contributed by atoms with Gasteiger partial charge in [0.25, 0.3) is 0 Å². The van der Waals surface area contributed by atoms with E-state index in [-0.39, 0.29) is 0 Å². The van der Waals surface area contributed by atoms with Crippen LogP contribution in [0.15, 0.2) is 35.4 Å². The maximum atomic E-state index is 13.6. The van der Waals surface area contributed by atoms with E-state index in [9.17, 15) is 72.5 Å². The highest BCUT2D eigenvalue weighted by atomic mass is 19.4. The zero-order valence-electron chi connectivity index (χ0n) is 22.4. The minimum absolute atomic E-state index is 0.387. The monoisotopic (exact) mass is 697 g/mol. The Labute approximate surface area is 252 Å². The number of halogens is 12. The highest BCUT2D eigenvalue weighted by molar-refractivity contribution is 5.96. The molecule has 0 aromatic heterocycles. The topological polar surface area (TPSA) is 124 Å². The molecule has 0 aliphatic carbocycles. The van der Waals surface area contributed by atoms with Crippen LogP contribution in [0, 0.1) is 0 Å². The van der Waals surface area contributed by atoms with Gasteiger partial charge in [-0.05, 0) is 36.4 Å². The molecule has 3 N–H and O–H groups in total. The van der Waals surface area contributed by atoms with Crippen molar-refractivity contribution in [2.75, 3.05) is 0 Å². The fourth-order valence-electron chi connectivity index (χ4n) is 4.53. The summed E-state index contributed by atoms with van der Waals surface area (Å²) < 4.78 is 177. The second-order valence-corrected chi connectivity index (χ2v) is 9.59. The van der Waals surface area contributed by atoms with Crippen molar-refractivity contribution in [3.8, 4) is 23.0 Å². The van der Waals surface area contributed by atoms with E-state index in [2.05, 4.69) is 14.8 Å². The fraction of sp³-hybridized carbons (Fsp3) is 0.308. The predicted octanol–water partition coefficient (Wildman–Crippen LogP) is 6.36. The van der Waals surface area contributed by atoms with E-state index in [1.54, 1.807) is 0 Å². The van der Waals surface area contributed by atoms with E-state index in [4.69, 9.17) is 9.47 Å². The highest BCUT2D eigenvalue weighted by Crippen LogP contribution is 2.44. The lowest BCUT2D eigenvalue weighted by Gasteiger charge is -2.30. The lowest BCUT2D eigenvalue weighted by atomic mass is 9.97. The minimum Gasteiger partial charge on any atom is -0.478 e. The van der Waals surface area contributed by atoms with E-state index in [0.717, 1.165) is 0 Å². The number of rotatable bonds is 8. The first-order valence-corrected chi connectivity index (χ1v) is 12.4. The van der Waals surface area contributed by atoms with E-state index in [0.29, 0.717) is 36.4 Å². The Morgan fingerprint density at radius 1 is 0.638 bits per heavy atom. The summed E-state index contributed by atoms with van der Waals surface area (Å²) in [4.78, 5) is 22.9. The number of hydrogen-bond acceptors (Lipinski definition) is 7. The second kappa shape index (κ2) is 12.1. The van der Waals surface area contributed by atoms with Gasteiger partial charge in [-0.2, -0.15) is 26.3 Å². The molecule has 0 fully saturated rings. The van der Waals surface area contributed by atoms with Crippen LogP contribution in [0.3, 0.4) is 0 Å². The SMILES string of the molecule is O=C(O)C1=Cc2cc(OC(F)(F)F)cc(CNCc3cc(OC(F)(F)F)cc4c3OC(C(F)(F)F)C(C(=O)O)=C4)c2OC1C(F)(F)F. The molecule has 21 heteroatoms. The first-order chi connectivity index (χ1) is 21.4. The fourth-order valence-corrected chi connectivity index (χ4v) is 4.53. The van der Waals surface area contributed by atoms with Crippen LogP contribution in [0.25, 0.3) is 12.2 Å². The average molecular weight is 697 g/mol. The molecule has 2 aromatic rings. The molecule has 2 unspecified atom stereocenters. The van der Waals surface area contributed by atoms with Gasteiger partial charge in [-0.3, -0.25) is 0 Å². The Bertz CT molecular complexity index is 1520. The quantitative estimate of drug-likeness (QED) is 0.271. The zero-order valence-corrected chi connectivity index (χ0v) is 22.4. The first-order valence-electron chi connectivity index (χ1n) is 12.4. The molecule has 2 heterocycles. The predicted molar refractivity (Wildman–Crippen MR) is 129 cm³/mol. The second-order valence-electron chi connectivity index (χ2n) is 9.59. The van der Waals surface area contributed by atoms with Gasteiger partial charge in [0, 0.05) is 35.3 Å². The number of alkyl halides is 12. The first kappa shape index (κ1) is 35.0. The number of carboxylic acid groups (broad SMARTS) is 2. The Kier molecular flexibility index (Phi) is 9.01. The number of ether oxygens (including phenoxy) is 4. The molecule has 2 aliphatic rings. The number of hydrogen-bond donors (Lipinski definition) is 3. The molecule has 0 bridgehead atoms. The van der Waals surface area contributed by atoms with Crippen LogP contribution in [-0.4, -0.2) is 59.4 Å². The summed E-state index contributed by atoms with van der Waals surface area (Å²) >= 11 is 0. The summed E-state index contributed by atoms with van der Waals surface area (Å²) in [5.74, 6) is -7.91. The minimum atomic E-state index is -5.34. The molecule has 2 atom stereocenters. The number of nitrogens with one attached hydrogen (secondary N) is 1. The van der Waals surface area contributed by atoms with Crippen LogP contribution in [0.2, 0.25) is 0 Å². The van der Waals surface area contributed by atoms with Crippen molar-refractivity contribution in [3.63, 3.8) is 0 Å². The molecule has 0 saturated carbocycles. The van der Waals surface area contributed by atoms with Gasteiger partial charge in [0.2, 0.25) is 12.2 Å². The maximum Gasteiger partial charge on any atom is 0.573 e. The van der Waals surface area contributed by atoms with Gasteiger partial charge < -0.3 is 34.5 Å². The number of benzene rings is 2.